The van der Waals surface area contributed by atoms with E-state index in [1.54, 1.807) is 0 Å². The molecule has 0 amide bonds. The number of hydrogen-bond acceptors (Lipinski definition) is 3. The van der Waals surface area contributed by atoms with E-state index in [9.17, 15) is 35.5 Å². The van der Waals surface area contributed by atoms with E-state index in [1.165, 1.54) is 6.92 Å². The Hall–Kier alpha value is -2.39. The summed E-state index contributed by atoms with van der Waals surface area (Å²) in [6, 6.07) is 4.03. The fourth-order valence-corrected chi connectivity index (χ4v) is 1.81. The SMILES string of the molecule is C=C(C)C(=O)OCc1ccc(/C(=N/C)C(F)(F)C(F)(F)C(F)(F)F)cc1. The highest BCUT2D eigenvalue weighted by Gasteiger charge is 2.74. The Morgan fingerprint density at radius 3 is 1.96 bits per heavy atom. The maximum Gasteiger partial charge on any atom is 0.460 e. The smallest absolute Gasteiger partial charge is 0.457 e. The fourth-order valence-electron chi connectivity index (χ4n) is 1.81. The van der Waals surface area contributed by atoms with Crippen LogP contribution in [0.25, 0.3) is 0 Å². The highest BCUT2D eigenvalue weighted by Crippen LogP contribution is 2.48. The van der Waals surface area contributed by atoms with Crippen LogP contribution in [-0.2, 0) is 16.1 Å². The molecule has 0 unspecified atom stereocenters. The number of carbonyl (C=O) groups excluding carboxylic acids is 1. The maximum atomic E-state index is 13.8. The minimum absolute atomic E-state index is 0.121. The van der Waals surface area contributed by atoms with Crippen LogP contribution in [0.2, 0.25) is 0 Å². The Kier molecular flexibility index (Phi) is 6.22. The van der Waals surface area contributed by atoms with Gasteiger partial charge in [0.05, 0.1) is 0 Å². The van der Waals surface area contributed by atoms with Crippen molar-refractivity contribution in [2.24, 2.45) is 4.99 Å². The second-order valence-electron chi connectivity index (χ2n) is 5.27. The molecule has 0 saturated heterocycles. The van der Waals surface area contributed by atoms with Gasteiger partial charge in [-0.05, 0) is 12.5 Å². The molecule has 26 heavy (non-hydrogen) atoms. The minimum atomic E-state index is -6.46. The molecule has 0 aliphatic heterocycles. The average molecular weight is 385 g/mol. The van der Waals surface area contributed by atoms with Crippen LogP contribution < -0.4 is 0 Å². The van der Waals surface area contributed by atoms with Crippen LogP contribution in [0.5, 0.6) is 0 Å². The lowest BCUT2D eigenvalue weighted by Gasteiger charge is -2.29. The quantitative estimate of drug-likeness (QED) is 0.312. The van der Waals surface area contributed by atoms with Gasteiger partial charge in [-0.15, -0.1) is 0 Å². The monoisotopic (exact) mass is 385 g/mol. The first-order chi connectivity index (χ1) is 11.8. The van der Waals surface area contributed by atoms with Gasteiger partial charge in [0.1, 0.15) is 12.3 Å². The van der Waals surface area contributed by atoms with E-state index in [4.69, 9.17) is 4.74 Å². The Bertz CT molecular complexity index is 706. The van der Waals surface area contributed by atoms with E-state index >= 15 is 0 Å². The number of nitrogens with zero attached hydrogens (tertiary/aromatic N) is 1. The van der Waals surface area contributed by atoms with Gasteiger partial charge in [-0.1, -0.05) is 30.8 Å². The lowest BCUT2D eigenvalue weighted by atomic mass is 9.98. The third-order valence-electron chi connectivity index (χ3n) is 3.22. The van der Waals surface area contributed by atoms with E-state index in [0.29, 0.717) is 12.6 Å². The molecule has 0 saturated carbocycles. The molecule has 0 aliphatic rings. The Morgan fingerprint density at radius 1 is 1.08 bits per heavy atom. The third-order valence-corrected chi connectivity index (χ3v) is 3.22. The van der Waals surface area contributed by atoms with Crippen LogP contribution in [-0.4, -0.2) is 36.8 Å². The van der Waals surface area contributed by atoms with E-state index in [0.717, 1.165) is 24.3 Å². The highest BCUT2D eigenvalue weighted by atomic mass is 19.4. The summed E-state index contributed by atoms with van der Waals surface area (Å²) in [4.78, 5) is 14.2. The molecule has 0 atom stereocenters. The number of esters is 1. The summed E-state index contributed by atoms with van der Waals surface area (Å²) in [6.45, 7) is 4.49. The molecular formula is C16H14F7NO2. The molecule has 1 rings (SSSR count). The first-order valence-electron chi connectivity index (χ1n) is 6.97. The van der Waals surface area contributed by atoms with Crippen molar-refractivity contribution < 1.29 is 40.3 Å². The molecule has 0 radical (unpaired) electrons. The molecule has 1 aromatic carbocycles. The number of carbonyl (C=O) groups is 1. The number of halogens is 7. The molecular weight excluding hydrogens is 371 g/mol. The lowest BCUT2D eigenvalue weighted by molar-refractivity contribution is -0.336. The van der Waals surface area contributed by atoms with Gasteiger partial charge in [-0.2, -0.15) is 30.7 Å². The zero-order valence-electron chi connectivity index (χ0n) is 13.6. The number of hydrogen-bond donors (Lipinski definition) is 0. The summed E-state index contributed by atoms with van der Waals surface area (Å²) in [5.41, 5.74) is -1.93. The number of benzene rings is 1. The number of alkyl halides is 7. The fraction of sp³-hybridized carbons (Fsp3) is 0.375. The van der Waals surface area contributed by atoms with Crippen LogP contribution in [0.4, 0.5) is 30.7 Å². The summed E-state index contributed by atoms with van der Waals surface area (Å²) in [5, 5.41) is 0. The van der Waals surface area contributed by atoms with Crippen molar-refractivity contribution >= 4 is 11.7 Å². The normalized spacial score (nSPS) is 13.5. The van der Waals surface area contributed by atoms with E-state index in [2.05, 4.69) is 11.6 Å². The zero-order chi connectivity index (χ0) is 20.3. The van der Waals surface area contributed by atoms with Crippen LogP contribution in [0.1, 0.15) is 18.1 Å². The molecule has 10 heteroatoms. The van der Waals surface area contributed by atoms with Gasteiger partial charge in [-0.25, -0.2) is 4.79 Å². The zero-order valence-corrected chi connectivity index (χ0v) is 13.6. The van der Waals surface area contributed by atoms with Crippen molar-refractivity contribution in [3.63, 3.8) is 0 Å². The molecule has 0 spiro atoms. The van der Waals surface area contributed by atoms with Gasteiger partial charge in [0, 0.05) is 18.2 Å². The Morgan fingerprint density at radius 2 is 1.58 bits per heavy atom. The van der Waals surface area contributed by atoms with Crippen molar-refractivity contribution in [1.82, 2.24) is 0 Å². The molecule has 3 nitrogen and oxygen atoms in total. The molecule has 0 aliphatic carbocycles. The van der Waals surface area contributed by atoms with E-state index < -0.39 is 35.3 Å². The summed E-state index contributed by atoms with van der Waals surface area (Å²) >= 11 is 0. The van der Waals surface area contributed by atoms with Crippen LogP contribution in [0, 0.1) is 0 Å². The first-order valence-corrected chi connectivity index (χ1v) is 6.97. The van der Waals surface area contributed by atoms with Crippen molar-refractivity contribution in [3.05, 3.63) is 47.5 Å². The first kappa shape index (κ1) is 21.7. The molecule has 0 bridgehead atoms. The Balaban J connectivity index is 3.09. The maximum absolute atomic E-state index is 13.8. The third kappa shape index (κ3) is 4.23. The number of rotatable bonds is 6. The average Bonchev–Trinajstić information content (AvgIpc) is 2.52. The topological polar surface area (TPSA) is 38.7 Å². The van der Waals surface area contributed by atoms with Gasteiger partial charge in [-0.3, -0.25) is 4.99 Å². The van der Waals surface area contributed by atoms with Gasteiger partial charge >= 0.3 is 24.0 Å². The van der Waals surface area contributed by atoms with Crippen molar-refractivity contribution in [1.29, 1.82) is 0 Å². The van der Waals surface area contributed by atoms with Gasteiger partial charge in [0.2, 0.25) is 0 Å². The molecule has 0 heterocycles. The van der Waals surface area contributed by atoms with Crippen LogP contribution in [0.3, 0.4) is 0 Å². The predicted octanol–water partition coefficient (Wildman–Crippen LogP) is 4.56. The molecule has 144 valence electrons. The molecule has 0 fully saturated rings. The standard InChI is InChI=1S/C16H14F7NO2/c1-9(2)13(25)26-8-10-4-6-11(7-5-10)12(24-3)14(17,18)15(19,20)16(21,22)23/h4-7H,1,8H2,2-3H3/b24-12-. The second-order valence-corrected chi connectivity index (χ2v) is 5.27. The van der Waals surface area contributed by atoms with Gasteiger partial charge in [0.25, 0.3) is 0 Å². The van der Waals surface area contributed by atoms with Crippen molar-refractivity contribution in [2.45, 2.75) is 31.6 Å². The highest BCUT2D eigenvalue weighted by molar-refractivity contribution is 6.06. The number of aliphatic imine (C=N–C) groups is 1. The lowest BCUT2D eigenvalue weighted by Crippen LogP contribution is -2.56. The summed E-state index contributed by atoms with van der Waals surface area (Å²) in [6.07, 6.45) is -6.46. The summed E-state index contributed by atoms with van der Waals surface area (Å²) < 4.78 is 95.7. The Labute approximate surface area is 144 Å². The molecule has 0 aromatic heterocycles. The van der Waals surface area contributed by atoms with Gasteiger partial charge < -0.3 is 4.74 Å². The molecule has 1 aromatic rings. The summed E-state index contributed by atoms with van der Waals surface area (Å²) in [7, 11) is 0.679. The number of ether oxygens (including phenoxy) is 1. The second kappa shape index (κ2) is 7.46. The minimum Gasteiger partial charge on any atom is -0.457 e. The van der Waals surface area contributed by atoms with Gasteiger partial charge in [0.15, 0.2) is 0 Å². The van der Waals surface area contributed by atoms with Crippen LogP contribution in [0.15, 0.2) is 41.4 Å². The van der Waals surface area contributed by atoms with E-state index in [1.807, 2.05) is 0 Å². The van der Waals surface area contributed by atoms with Crippen molar-refractivity contribution in [2.75, 3.05) is 7.05 Å². The van der Waals surface area contributed by atoms with Crippen LogP contribution >= 0.6 is 0 Å². The molecule has 0 N–H and O–H groups in total. The largest absolute Gasteiger partial charge is 0.460 e. The predicted molar refractivity (Wildman–Crippen MR) is 79.5 cm³/mol. The van der Waals surface area contributed by atoms with Crippen molar-refractivity contribution in [3.8, 4) is 0 Å². The van der Waals surface area contributed by atoms with E-state index in [-0.39, 0.29) is 12.2 Å². The summed E-state index contributed by atoms with van der Waals surface area (Å²) in [5.74, 6) is -12.6.